The van der Waals surface area contributed by atoms with Gasteiger partial charge in [-0.1, -0.05) is 25.6 Å². The number of aryl methyl sites for hydroxylation is 1. The summed E-state index contributed by atoms with van der Waals surface area (Å²) < 4.78 is 6.81. The molecule has 0 atom stereocenters. The van der Waals surface area contributed by atoms with Crippen LogP contribution in [0.1, 0.15) is 37.8 Å². The van der Waals surface area contributed by atoms with Crippen molar-refractivity contribution in [3.8, 4) is 11.5 Å². The maximum absolute atomic E-state index is 5.70. The molecule has 4 heterocycles. The van der Waals surface area contributed by atoms with Gasteiger partial charge in [0.1, 0.15) is 16.3 Å². The Balaban J connectivity index is 1.73. The van der Waals surface area contributed by atoms with Crippen molar-refractivity contribution in [2.24, 2.45) is 5.92 Å². The lowest BCUT2D eigenvalue weighted by molar-refractivity contribution is 0.579. The fourth-order valence-corrected chi connectivity index (χ4v) is 5.53. The number of pyridine rings is 1. The normalized spacial score (nSPS) is 13.7. The molecule has 0 saturated carbocycles. The van der Waals surface area contributed by atoms with Crippen LogP contribution in [0.2, 0.25) is 0 Å². The maximum atomic E-state index is 5.70. The van der Waals surface area contributed by atoms with Gasteiger partial charge in [0.05, 0.1) is 16.5 Å². The largest absolute Gasteiger partial charge is 0.463 e. The standard InChI is InChI=1S/C22H24N4OS2/c1-12(2)9-10-23-20-19-18(25-22(26-20)28-3)16-13-6-4-7-14(13)17(24-21(16)29-19)15-8-5-11-27-15/h5,8,11-12H,4,6-7,9-10H2,1-3H3,(H,23,25,26). The molecule has 4 aromatic heterocycles. The average molecular weight is 425 g/mol. The molecular weight excluding hydrogens is 400 g/mol. The molecule has 7 heteroatoms. The topological polar surface area (TPSA) is 63.8 Å². The lowest BCUT2D eigenvalue weighted by Crippen LogP contribution is -2.07. The van der Waals surface area contributed by atoms with E-state index in [1.807, 2.05) is 18.4 Å². The molecule has 0 spiro atoms. The predicted molar refractivity (Wildman–Crippen MR) is 122 cm³/mol. The minimum Gasteiger partial charge on any atom is -0.463 e. The van der Waals surface area contributed by atoms with E-state index in [2.05, 4.69) is 19.2 Å². The van der Waals surface area contributed by atoms with Crippen molar-refractivity contribution < 1.29 is 4.42 Å². The van der Waals surface area contributed by atoms with Crippen molar-refractivity contribution in [2.75, 3.05) is 18.1 Å². The molecule has 0 aromatic carbocycles. The van der Waals surface area contributed by atoms with Crippen molar-refractivity contribution in [1.82, 2.24) is 15.0 Å². The van der Waals surface area contributed by atoms with E-state index in [4.69, 9.17) is 19.4 Å². The van der Waals surface area contributed by atoms with Gasteiger partial charge in [-0.3, -0.25) is 0 Å². The number of fused-ring (bicyclic) bond motifs is 5. The Kier molecular flexibility index (Phi) is 4.95. The van der Waals surface area contributed by atoms with Crippen LogP contribution in [0.3, 0.4) is 0 Å². The van der Waals surface area contributed by atoms with Crippen LogP contribution in [0.5, 0.6) is 0 Å². The number of hydrogen-bond donors (Lipinski definition) is 1. The van der Waals surface area contributed by atoms with Crippen molar-refractivity contribution in [3.05, 3.63) is 29.5 Å². The van der Waals surface area contributed by atoms with Gasteiger partial charge < -0.3 is 9.73 Å². The molecule has 5 rings (SSSR count). The molecule has 4 aromatic rings. The third kappa shape index (κ3) is 3.30. The summed E-state index contributed by atoms with van der Waals surface area (Å²) in [5, 5.41) is 5.60. The lowest BCUT2D eigenvalue weighted by atomic mass is 10.0. The zero-order valence-electron chi connectivity index (χ0n) is 16.9. The second-order valence-corrected chi connectivity index (χ2v) is 9.65. The first kappa shape index (κ1) is 18.9. The monoisotopic (exact) mass is 424 g/mol. The first-order valence-electron chi connectivity index (χ1n) is 10.1. The summed E-state index contributed by atoms with van der Waals surface area (Å²) >= 11 is 3.29. The minimum absolute atomic E-state index is 0.656. The number of thioether (sulfide) groups is 1. The van der Waals surface area contributed by atoms with Gasteiger partial charge in [0.25, 0.3) is 0 Å². The fourth-order valence-electron chi connectivity index (χ4n) is 4.05. The number of furan rings is 1. The summed E-state index contributed by atoms with van der Waals surface area (Å²) in [5.74, 6) is 2.45. The number of nitrogens with one attached hydrogen (secondary N) is 1. The van der Waals surface area contributed by atoms with E-state index in [0.717, 1.165) is 69.7 Å². The molecule has 0 radical (unpaired) electrons. The van der Waals surface area contributed by atoms with Gasteiger partial charge in [0, 0.05) is 11.9 Å². The Morgan fingerprint density at radius 1 is 1.21 bits per heavy atom. The Hall–Kier alpha value is -2.12. The molecule has 1 aliphatic rings. The van der Waals surface area contributed by atoms with Crippen LogP contribution in [-0.2, 0) is 12.8 Å². The average Bonchev–Trinajstić information content (AvgIpc) is 3.45. The molecule has 1 aliphatic carbocycles. The summed E-state index contributed by atoms with van der Waals surface area (Å²) in [6.45, 7) is 5.40. The predicted octanol–water partition coefficient (Wildman–Crippen LogP) is 6.17. The van der Waals surface area contributed by atoms with Crippen molar-refractivity contribution in [1.29, 1.82) is 0 Å². The van der Waals surface area contributed by atoms with Crippen molar-refractivity contribution >= 4 is 49.3 Å². The third-order valence-corrected chi connectivity index (χ3v) is 7.09. The van der Waals surface area contributed by atoms with Gasteiger partial charge in [-0.2, -0.15) is 0 Å². The van der Waals surface area contributed by atoms with Gasteiger partial charge in [-0.05, 0) is 61.1 Å². The van der Waals surface area contributed by atoms with E-state index >= 15 is 0 Å². The first-order valence-corrected chi connectivity index (χ1v) is 12.2. The van der Waals surface area contributed by atoms with E-state index in [-0.39, 0.29) is 0 Å². The number of hydrogen-bond acceptors (Lipinski definition) is 7. The molecule has 150 valence electrons. The minimum atomic E-state index is 0.656. The maximum Gasteiger partial charge on any atom is 0.189 e. The Bertz CT molecular complexity index is 1180. The quantitative estimate of drug-likeness (QED) is 0.295. The van der Waals surface area contributed by atoms with Gasteiger partial charge in [0.15, 0.2) is 10.9 Å². The summed E-state index contributed by atoms with van der Waals surface area (Å²) in [6, 6.07) is 3.94. The van der Waals surface area contributed by atoms with E-state index in [9.17, 15) is 0 Å². The number of anilines is 1. The number of rotatable bonds is 6. The molecule has 0 aliphatic heterocycles. The van der Waals surface area contributed by atoms with Crippen LogP contribution in [0, 0.1) is 5.92 Å². The van der Waals surface area contributed by atoms with E-state index < -0.39 is 0 Å². The highest BCUT2D eigenvalue weighted by atomic mass is 32.2. The van der Waals surface area contributed by atoms with Crippen LogP contribution >= 0.6 is 23.1 Å². The molecule has 0 unspecified atom stereocenters. The van der Waals surface area contributed by atoms with Crippen molar-refractivity contribution in [2.45, 2.75) is 44.7 Å². The van der Waals surface area contributed by atoms with Crippen LogP contribution in [0.25, 0.3) is 31.9 Å². The molecule has 1 N–H and O–H groups in total. The molecular formula is C22H24N4OS2. The molecule has 0 fully saturated rings. The van der Waals surface area contributed by atoms with E-state index in [1.54, 1.807) is 29.4 Å². The highest BCUT2D eigenvalue weighted by Crippen LogP contribution is 2.44. The van der Waals surface area contributed by atoms with Crippen molar-refractivity contribution in [3.63, 3.8) is 0 Å². The first-order chi connectivity index (χ1) is 14.2. The Morgan fingerprint density at radius 2 is 2.07 bits per heavy atom. The second kappa shape index (κ2) is 7.61. The summed E-state index contributed by atoms with van der Waals surface area (Å²) in [6.07, 6.45) is 8.14. The van der Waals surface area contributed by atoms with Crippen LogP contribution < -0.4 is 5.32 Å². The smallest absolute Gasteiger partial charge is 0.189 e. The molecule has 0 saturated heterocycles. The van der Waals surface area contributed by atoms with Crippen LogP contribution in [0.15, 0.2) is 28.0 Å². The molecule has 5 nitrogen and oxygen atoms in total. The van der Waals surface area contributed by atoms with Crippen LogP contribution in [-0.4, -0.2) is 27.8 Å². The second-order valence-electron chi connectivity index (χ2n) is 7.88. The summed E-state index contributed by atoms with van der Waals surface area (Å²) in [7, 11) is 0. The number of aromatic nitrogens is 3. The SMILES string of the molecule is CSc1nc(NCCC(C)C)c2sc3nc(-c4ccco4)c4c(c3c2n1)CCC4. The number of thiophene rings is 1. The van der Waals surface area contributed by atoms with E-state index in [1.165, 1.54) is 16.5 Å². The van der Waals surface area contributed by atoms with Crippen LogP contribution in [0.4, 0.5) is 5.82 Å². The highest BCUT2D eigenvalue weighted by molar-refractivity contribution is 7.98. The van der Waals surface area contributed by atoms with Gasteiger partial charge in [0.2, 0.25) is 0 Å². The molecule has 0 amide bonds. The molecule has 0 bridgehead atoms. The van der Waals surface area contributed by atoms with Gasteiger partial charge >= 0.3 is 0 Å². The van der Waals surface area contributed by atoms with Gasteiger partial charge in [-0.15, -0.1) is 11.3 Å². The highest BCUT2D eigenvalue weighted by Gasteiger charge is 2.26. The van der Waals surface area contributed by atoms with E-state index in [0.29, 0.717) is 5.92 Å². The summed E-state index contributed by atoms with van der Waals surface area (Å²) in [5.41, 5.74) is 4.76. The zero-order chi connectivity index (χ0) is 20.0. The lowest BCUT2D eigenvalue weighted by Gasteiger charge is -2.10. The zero-order valence-corrected chi connectivity index (χ0v) is 18.5. The van der Waals surface area contributed by atoms with Gasteiger partial charge in [-0.25, -0.2) is 15.0 Å². The summed E-state index contributed by atoms with van der Waals surface area (Å²) in [4.78, 5) is 15.8. The Labute approximate surface area is 178 Å². The third-order valence-electron chi connectivity index (χ3n) is 5.46. The molecule has 29 heavy (non-hydrogen) atoms. The Morgan fingerprint density at radius 3 is 2.83 bits per heavy atom. The fraction of sp³-hybridized carbons (Fsp3) is 0.409. The number of nitrogens with zero attached hydrogens (tertiary/aromatic N) is 3.